The van der Waals surface area contributed by atoms with Crippen molar-refractivity contribution >= 4 is 9.84 Å². The quantitative estimate of drug-likeness (QED) is 0.698. The van der Waals surface area contributed by atoms with Gasteiger partial charge in [-0.25, -0.2) is 8.42 Å². The Morgan fingerprint density at radius 1 is 1.06 bits per heavy atom. The summed E-state index contributed by atoms with van der Waals surface area (Å²) in [6.45, 7) is 3.16. The lowest BCUT2D eigenvalue weighted by atomic mass is 10.1. The van der Waals surface area contributed by atoms with Crippen molar-refractivity contribution in [3.63, 3.8) is 0 Å². The van der Waals surface area contributed by atoms with Gasteiger partial charge < -0.3 is 5.32 Å². The van der Waals surface area contributed by atoms with Crippen LogP contribution in [0.4, 0.5) is 0 Å². The summed E-state index contributed by atoms with van der Waals surface area (Å²) in [5.41, 5.74) is 1.37. The fourth-order valence-electron chi connectivity index (χ4n) is 1.72. The van der Waals surface area contributed by atoms with Crippen molar-refractivity contribution in [3.05, 3.63) is 35.9 Å². The molecule has 1 aromatic rings. The van der Waals surface area contributed by atoms with Crippen LogP contribution in [0, 0.1) is 0 Å². The van der Waals surface area contributed by atoms with Gasteiger partial charge in [0.15, 0.2) is 9.84 Å². The Labute approximate surface area is 111 Å². The van der Waals surface area contributed by atoms with Crippen LogP contribution >= 0.6 is 0 Å². The van der Waals surface area contributed by atoms with Crippen LogP contribution in [-0.4, -0.2) is 33.0 Å². The summed E-state index contributed by atoms with van der Waals surface area (Å²) in [4.78, 5) is 0. The molecule has 0 aliphatic rings. The van der Waals surface area contributed by atoms with Gasteiger partial charge in [-0.05, 0) is 31.4 Å². The van der Waals surface area contributed by atoms with Crippen LogP contribution in [0.2, 0.25) is 0 Å². The van der Waals surface area contributed by atoms with Crippen LogP contribution in [0.5, 0.6) is 0 Å². The summed E-state index contributed by atoms with van der Waals surface area (Å²) in [5.74, 6) is 0.491. The molecular weight excluding hydrogens is 246 g/mol. The van der Waals surface area contributed by atoms with Gasteiger partial charge in [-0.3, -0.25) is 0 Å². The minimum absolute atomic E-state index is 0.239. The highest BCUT2D eigenvalue weighted by Gasteiger charge is 2.05. The summed E-state index contributed by atoms with van der Waals surface area (Å²) in [6.07, 6.45) is 3.31. The van der Waals surface area contributed by atoms with E-state index in [1.54, 1.807) is 6.92 Å². The molecule has 0 bridgehead atoms. The number of sulfone groups is 1. The summed E-state index contributed by atoms with van der Waals surface area (Å²) >= 11 is 0. The number of unbranched alkanes of at least 4 members (excludes halogenated alkanes) is 1. The smallest absolute Gasteiger partial charge is 0.151 e. The van der Waals surface area contributed by atoms with E-state index in [1.165, 1.54) is 5.56 Å². The van der Waals surface area contributed by atoms with E-state index in [9.17, 15) is 8.42 Å². The van der Waals surface area contributed by atoms with E-state index in [4.69, 9.17) is 0 Å². The van der Waals surface area contributed by atoms with E-state index < -0.39 is 9.84 Å². The van der Waals surface area contributed by atoms with E-state index in [2.05, 4.69) is 29.6 Å². The van der Waals surface area contributed by atoms with Gasteiger partial charge in [-0.15, -0.1) is 0 Å². The second-order valence-electron chi connectivity index (χ2n) is 4.43. The van der Waals surface area contributed by atoms with Gasteiger partial charge in [0.1, 0.15) is 0 Å². The second kappa shape index (κ2) is 8.27. The third-order valence-corrected chi connectivity index (χ3v) is 4.65. The van der Waals surface area contributed by atoms with Crippen LogP contribution in [0.3, 0.4) is 0 Å². The fraction of sp³-hybridized carbons (Fsp3) is 0.571. The molecule has 1 rings (SSSR count). The molecule has 4 heteroatoms. The Hall–Kier alpha value is -0.870. The third kappa shape index (κ3) is 6.77. The van der Waals surface area contributed by atoms with E-state index in [0.717, 1.165) is 25.8 Å². The fourth-order valence-corrected chi connectivity index (χ4v) is 2.46. The van der Waals surface area contributed by atoms with Gasteiger partial charge in [0, 0.05) is 12.3 Å². The van der Waals surface area contributed by atoms with Gasteiger partial charge in [-0.2, -0.15) is 0 Å². The molecule has 0 radical (unpaired) electrons. The molecule has 0 saturated heterocycles. The SMILES string of the molecule is CCS(=O)(=O)CCNCCCCc1ccccc1. The molecule has 0 heterocycles. The predicted molar refractivity (Wildman–Crippen MR) is 76.6 cm³/mol. The first kappa shape index (κ1) is 15.2. The van der Waals surface area contributed by atoms with Gasteiger partial charge in [0.05, 0.1) is 5.75 Å². The summed E-state index contributed by atoms with van der Waals surface area (Å²) in [5, 5.41) is 3.18. The molecule has 0 atom stereocenters. The molecule has 0 aliphatic heterocycles. The van der Waals surface area contributed by atoms with Crippen LogP contribution < -0.4 is 5.32 Å². The zero-order chi connectivity index (χ0) is 13.3. The zero-order valence-electron chi connectivity index (χ0n) is 11.1. The molecule has 102 valence electrons. The summed E-state index contributed by atoms with van der Waals surface area (Å²) in [7, 11) is -2.82. The van der Waals surface area contributed by atoms with Crippen molar-refractivity contribution in [2.75, 3.05) is 24.6 Å². The van der Waals surface area contributed by atoms with Crippen LogP contribution in [0.25, 0.3) is 0 Å². The van der Waals surface area contributed by atoms with Gasteiger partial charge in [-0.1, -0.05) is 37.3 Å². The lowest BCUT2D eigenvalue weighted by Crippen LogP contribution is -2.24. The van der Waals surface area contributed by atoms with Crippen LogP contribution in [0.15, 0.2) is 30.3 Å². The predicted octanol–water partition coefficient (Wildman–Crippen LogP) is 2.03. The van der Waals surface area contributed by atoms with E-state index >= 15 is 0 Å². The van der Waals surface area contributed by atoms with Crippen molar-refractivity contribution in [2.24, 2.45) is 0 Å². The monoisotopic (exact) mass is 269 g/mol. The Kier molecular flexibility index (Phi) is 6.98. The molecule has 18 heavy (non-hydrogen) atoms. The average Bonchev–Trinajstić information content (AvgIpc) is 2.39. The lowest BCUT2D eigenvalue weighted by Gasteiger charge is -2.05. The number of rotatable bonds is 9. The molecule has 3 nitrogen and oxygen atoms in total. The second-order valence-corrected chi connectivity index (χ2v) is 6.90. The summed E-state index contributed by atoms with van der Waals surface area (Å²) < 4.78 is 22.5. The molecule has 0 aliphatic carbocycles. The van der Waals surface area contributed by atoms with Gasteiger partial charge >= 0.3 is 0 Å². The molecule has 1 N–H and O–H groups in total. The average molecular weight is 269 g/mol. The van der Waals surface area contributed by atoms with Crippen molar-refractivity contribution in [1.82, 2.24) is 5.32 Å². The Morgan fingerprint density at radius 2 is 1.78 bits per heavy atom. The highest BCUT2D eigenvalue weighted by atomic mass is 32.2. The lowest BCUT2D eigenvalue weighted by molar-refractivity contribution is 0.588. The molecular formula is C14H23NO2S. The van der Waals surface area contributed by atoms with Crippen LogP contribution in [-0.2, 0) is 16.3 Å². The third-order valence-electron chi connectivity index (χ3n) is 2.94. The van der Waals surface area contributed by atoms with Gasteiger partial charge in [0.2, 0.25) is 0 Å². The normalized spacial score (nSPS) is 11.6. The molecule has 0 saturated carbocycles. The number of aryl methyl sites for hydroxylation is 1. The number of nitrogens with one attached hydrogen (secondary N) is 1. The van der Waals surface area contributed by atoms with Crippen molar-refractivity contribution in [2.45, 2.75) is 26.2 Å². The maximum absolute atomic E-state index is 11.2. The van der Waals surface area contributed by atoms with E-state index in [0.29, 0.717) is 6.54 Å². The minimum atomic E-state index is -2.82. The zero-order valence-corrected chi connectivity index (χ0v) is 11.9. The first-order chi connectivity index (χ1) is 8.64. The van der Waals surface area contributed by atoms with Gasteiger partial charge in [0.25, 0.3) is 0 Å². The Balaban J connectivity index is 2.00. The molecule has 0 spiro atoms. The standard InChI is InChI=1S/C14H23NO2S/c1-2-18(16,17)13-12-15-11-7-6-10-14-8-4-3-5-9-14/h3-5,8-9,15H,2,6-7,10-13H2,1H3. The number of hydrogen-bond donors (Lipinski definition) is 1. The molecule has 1 aromatic carbocycles. The molecule has 0 aromatic heterocycles. The number of hydrogen-bond acceptors (Lipinski definition) is 3. The first-order valence-electron chi connectivity index (χ1n) is 6.59. The van der Waals surface area contributed by atoms with Crippen molar-refractivity contribution in [1.29, 1.82) is 0 Å². The summed E-state index contributed by atoms with van der Waals surface area (Å²) in [6, 6.07) is 10.4. The first-order valence-corrected chi connectivity index (χ1v) is 8.41. The van der Waals surface area contributed by atoms with Crippen molar-refractivity contribution in [3.8, 4) is 0 Å². The Morgan fingerprint density at radius 3 is 2.44 bits per heavy atom. The molecule has 0 unspecified atom stereocenters. The highest BCUT2D eigenvalue weighted by Crippen LogP contribution is 2.03. The Bertz CT molecular complexity index is 415. The maximum atomic E-state index is 11.2. The van der Waals surface area contributed by atoms with Crippen LogP contribution in [0.1, 0.15) is 25.3 Å². The number of benzene rings is 1. The van der Waals surface area contributed by atoms with Crippen molar-refractivity contribution < 1.29 is 8.42 Å². The van der Waals surface area contributed by atoms with E-state index in [-0.39, 0.29) is 11.5 Å². The minimum Gasteiger partial charge on any atom is -0.316 e. The van der Waals surface area contributed by atoms with E-state index in [1.807, 2.05) is 6.07 Å². The molecule has 0 amide bonds. The topological polar surface area (TPSA) is 46.2 Å². The maximum Gasteiger partial charge on any atom is 0.151 e. The highest BCUT2D eigenvalue weighted by molar-refractivity contribution is 7.91. The largest absolute Gasteiger partial charge is 0.316 e. The molecule has 0 fully saturated rings.